The second kappa shape index (κ2) is 6.29. The van der Waals surface area contributed by atoms with E-state index in [1.807, 2.05) is 0 Å². The molecular weight excluding hydrogens is 231 g/mol. The van der Waals surface area contributed by atoms with Crippen LogP contribution in [0, 0.1) is 0 Å². The Bertz CT molecular complexity index is 248. The Hall–Kier alpha value is -0.340. The molecule has 0 aliphatic carbocycles. The van der Waals surface area contributed by atoms with Crippen LogP contribution in [0.15, 0.2) is 0 Å². The maximum atomic E-state index is 10.6. The predicted octanol–water partition coefficient (Wildman–Crippen LogP) is -2.23. The van der Waals surface area contributed by atoms with E-state index >= 15 is 0 Å². The summed E-state index contributed by atoms with van der Waals surface area (Å²) in [6.45, 7) is -1.58. The van der Waals surface area contributed by atoms with E-state index in [-0.39, 0.29) is 0 Å². The van der Waals surface area contributed by atoms with E-state index in [4.69, 9.17) is 25.1 Å². The first-order valence-electron chi connectivity index (χ1n) is 3.95. The van der Waals surface area contributed by atoms with Crippen molar-refractivity contribution in [3.63, 3.8) is 0 Å². The van der Waals surface area contributed by atoms with E-state index in [2.05, 4.69) is 4.52 Å². The number of phosphoric ester groups is 1. The summed E-state index contributed by atoms with van der Waals surface area (Å²) in [5.41, 5.74) is 0. The number of ketones is 1. The molecule has 5 N–H and O–H groups in total. The molecule has 0 bridgehead atoms. The van der Waals surface area contributed by atoms with Crippen molar-refractivity contribution in [2.75, 3.05) is 13.2 Å². The van der Waals surface area contributed by atoms with E-state index in [1.165, 1.54) is 0 Å². The summed E-state index contributed by atoms with van der Waals surface area (Å²) in [5.74, 6) is -0.697. The van der Waals surface area contributed by atoms with Crippen LogP contribution in [-0.4, -0.2) is 56.3 Å². The topological polar surface area (TPSA) is 145 Å². The van der Waals surface area contributed by atoms with Crippen LogP contribution in [-0.2, 0) is 13.9 Å². The summed E-state index contributed by atoms with van der Waals surface area (Å²) in [6, 6.07) is 0. The Labute approximate surface area is 85.4 Å². The molecule has 8 nitrogen and oxygen atoms in total. The fraction of sp³-hybridized carbons (Fsp3) is 0.833. The van der Waals surface area contributed by atoms with Gasteiger partial charge in [0.15, 0.2) is 5.78 Å². The molecule has 2 atom stereocenters. The van der Waals surface area contributed by atoms with Gasteiger partial charge in [-0.05, 0) is 0 Å². The van der Waals surface area contributed by atoms with Crippen molar-refractivity contribution in [3.05, 3.63) is 0 Å². The van der Waals surface area contributed by atoms with E-state index in [1.54, 1.807) is 0 Å². The summed E-state index contributed by atoms with van der Waals surface area (Å²) >= 11 is 0. The minimum Gasteiger partial charge on any atom is -0.390 e. The van der Waals surface area contributed by atoms with Crippen LogP contribution in [0.25, 0.3) is 0 Å². The number of hydrogen-bond acceptors (Lipinski definition) is 6. The maximum Gasteiger partial charge on any atom is 0.469 e. The molecule has 0 aliphatic rings. The fourth-order valence-corrected chi connectivity index (χ4v) is 1.07. The average Bonchev–Trinajstić information content (AvgIpc) is 2.12. The van der Waals surface area contributed by atoms with Gasteiger partial charge in [-0.15, -0.1) is 0 Å². The molecule has 0 saturated carbocycles. The molecule has 0 unspecified atom stereocenters. The lowest BCUT2D eigenvalue weighted by Gasteiger charge is -2.16. The van der Waals surface area contributed by atoms with Crippen LogP contribution < -0.4 is 0 Å². The molecule has 0 aliphatic heterocycles. The second-order valence-corrected chi connectivity index (χ2v) is 4.06. The zero-order chi connectivity index (χ0) is 12.1. The normalized spacial score (nSPS) is 16.1. The van der Waals surface area contributed by atoms with Crippen molar-refractivity contribution in [2.45, 2.75) is 18.6 Å². The quantitative estimate of drug-likeness (QED) is 0.316. The number of carbonyl (C=O) groups is 1. The monoisotopic (exact) mass is 244 g/mol. The minimum atomic E-state index is -4.71. The molecular formula is C6H13O8P. The molecule has 0 fully saturated rings. The zero-order valence-electron chi connectivity index (χ0n) is 7.68. The predicted molar refractivity (Wildman–Crippen MR) is 46.7 cm³/mol. The number of carbonyl (C=O) groups excluding carboxylic acids is 1. The summed E-state index contributed by atoms with van der Waals surface area (Å²) in [7, 11) is -4.71. The van der Waals surface area contributed by atoms with E-state index in [9.17, 15) is 9.36 Å². The number of phosphoric acid groups is 1. The third kappa shape index (κ3) is 7.57. The lowest BCUT2D eigenvalue weighted by Crippen LogP contribution is -2.32. The lowest BCUT2D eigenvalue weighted by atomic mass is 10.1. The van der Waals surface area contributed by atoms with Gasteiger partial charge in [0.1, 0.15) is 12.7 Å². The molecule has 0 spiro atoms. The molecule has 15 heavy (non-hydrogen) atoms. The molecule has 0 rings (SSSR count). The molecule has 0 saturated heterocycles. The van der Waals surface area contributed by atoms with Gasteiger partial charge >= 0.3 is 7.82 Å². The van der Waals surface area contributed by atoms with Gasteiger partial charge in [0.2, 0.25) is 0 Å². The van der Waals surface area contributed by atoms with Crippen LogP contribution in [0.2, 0.25) is 0 Å². The molecule has 0 radical (unpaired) electrons. The van der Waals surface area contributed by atoms with Gasteiger partial charge < -0.3 is 25.1 Å². The van der Waals surface area contributed by atoms with Gasteiger partial charge in [-0.3, -0.25) is 9.32 Å². The minimum absolute atomic E-state index is 0.512. The van der Waals surface area contributed by atoms with Gasteiger partial charge in [-0.25, -0.2) is 4.57 Å². The molecule has 9 heteroatoms. The van der Waals surface area contributed by atoms with Crippen molar-refractivity contribution in [1.82, 2.24) is 0 Å². The highest BCUT2D eigenvalue weighted by molar-refractivity contribution is 7.46. The van der Waals surface area contributed by atoms with Gasteiger partial charge in [0, 0.05) is 6.42 Å². The van der Waals surface area contributed by atoms with Crippen molar-refractivity contribution < 1.29 is 39.0 Å². The van der Waals surface area contributed by atoms with Crippen LogP contribution in [0.4, 0.5) is 0 Å². The average molecular weight is 244 g/mol. The highest BCUT2D eigenvalue weighted by Gasteiger charge is 2.23. The highest BCUT2D eigenvalue weighted by atomic mass is 31.2. The second-order valence-electron chi connectivity index (χ2n) is 2.82. The summed E-state index contributed by atoms with van der Waals surface area (Å²) in [4.78, 5) is 27.1. The molecule has 0 heterocycles. The van der Waals surface area contributed by atoms with E-state index in [0.29, 0.717) is 0 Å². The van der Waals surface area contributed by atoms with Gasteiger partial charge in [-0.1, -0.05) is 0 Å². The Kier molecular flexibility index (Phi) is 6.15. The fourth-order valence-electron chi connectivity index (χ4n) is 0.718. The molecule has 0 aromatic carbocycles. The van der Waals surface area contributed by atoms with Crippen molar-refractivity contribution in [1.29, 1.82) is 0 Å². The largest absolute Gasteiger partial charge is 0.469 e. The molecule has 90 valence electrons. The zero-order valence-corrected chi connectivity index (χ0v) is 8.58. The van der Waals surface area contributed by atoms with Crippen molar-refractivity contribution in [2.24, 2.45) is 0 Å². The van der Waals surface area contributed by atoms with E-state index < -0.39 is 45.4 Å². The summed E-state index contributed by atoms with van der Waals surface area (Å²) in [6.07, 6.45) is -3.65. The smallest absolute Gasteiger partial charge is 0.390 e. The Morgan fingerprint density at radius 1 is 1.27 bits per heavy atom. The Morgan fingerprint density at radius 2 is 1.80 bits per heavy atom. The van der Waals surface area contributed by atoms with Gasteiger partial charge in [-0.2, -0.15) is 0 Å². The van der Waals surface area contributed by atoms with Gasteiger partial charge in [0.05, 0.1) is 12.7 Å². The first-order valence-corrected chi connectivity index (χ1v) is 5.48. The lowest BCUT2D eigenvalue weighted by molar-refractivity contribution is -0.125. The van der Waals surface area contributed by atoms with Crippen LogP contribution in [0.3, 0.4) is 0 Å². The van der Waals surface area contributed by atoms with Crippen LogP contribution >= 0.6 is 7.82 Å². The van der Waals surface area contributed by atoms with Crippen molar-refractivity contribution in [3.8, 4) is 0 Å². The Balaban J connectivity index is 3.94. The first kappa shape index (κ1) is 14.7. The summed E-state index contributed by atoms with van der Waals surface area (Å²) in [5, 5.41) is 26.5. The standard InChI is InChI=1S/C6H13O8P/c7-2-4(8)1-5(9)6(10)3-14-15(11,12)13/h5-7,9-10H,1-3H2,(H2,11,12,13)/t5-,6+/m0/s1. The Morgan fingerprint density at radius 3 is 2.20 bits per heavy atom. The number of aliphatic hydroxyl groups is 3. The maximum absolute atomic E-state index is 10.6. The third-order valence-corrected chi connectivity index (χ3v) is 1.96. The van der Waals surface area contributed by atoms with Crippen LogP contribution in [0.1, 0.15) is 6.42 Å². The summed E-state index contributed by atoms with van der Waals surface area (Å²) < 4.78 is 14.1. The highest BCUT2D eigenvalue weighted by Crippen LogP contribution is 2.35. The number of aliphatic hydroxyl groups excluding tert-OH is 3. The number of Topliss-reactive ketones (excluding diaryl/α,β-unsaturated/α-hetero) is 1. The molecule has 0 aromatic heterocycles. The number of hydrogen-bond donors (Lipinski definition) is 5. The molecule has 0 amide bonds. The molecule has 0 aromatic rings. The van der Waals surface area contributed by atoms with Crippen molar-refractivity contribution >= 4 is 13.6 Å². The number of rotatable bonds is 7. The third-order valence-electron chi connectivity index (χ3n) is 1.47. The SMILES string of the molecule is O=C(CO)C[C@H](O)[C@H](O)COP(=O)(O)O. The first-order chi connectivity index (χ1) is 6.76. The van der Waals surface area contributed by atoms with Gasteiger partial charge in [0.25, 0.3) is 0 Å². The van der Waals surface area contributed by atoms with E-state index in [0.717, 1.165) is 0 Å². The van der Waals surface area contributed by atoms with Crippen LogP contribution in [0.5, 0.6) is 0 Å².